The van der Waals surface area contributed by atoms with Gasteiger partial charge in [-0.15, -0.1) is 0 Å². The number of carbonyl (C=O) groups excluding carboxylic acids is 1. The molecule has 1 aliphatic rings. The molecule has 0 atom stereocenters. The summed E-state index contributed by atoms with van der Waals surface area (Å²) in [6, 6.07) is 0. The van der Waals surface area contributed by atoms with E-state index in [0.29, 0.717) is 0 Å². The first kappa shape index (κ1) is 10.3. The molecular weight excluding hydrogens is 162 g/mol. The first-order valence-electron chi connectivity index (χ1n) is 5.34. The van der Waals surface area contributed by atoms with E-state index in [9.17, 15) is 4.79 Å². The van der Waals surface area contributed by atoms with Gasteiger partial charge in [0.1, 0.15) is 0 Å². The molecule has 0 radical (unpaired) electrons. The third kappa shape index (κ3) is 5.45. The van der Waals surface area contributed by atoms with Crippen LogP contribution in [0.5, 0.6) is 0 Å². The van der Waals surface area contributed by atoms with Crippen molar-refractivity contribution in [3.05, 3.63) is 12.2 Å². The van der Waals surface area contributed by atoms with E-state index in [1.807, 2.05) is 6.08 Å². The summed E-state index contributed by atoms with van der Waals surface area (Å²) in [5, 5.41) is 2.87. The molecule has 0 unspecified atom stereocenters. The average molecular weight is 181 g/mol. The second-order valence-corrected chi connectivity index (χ2v) is 3.60. The lowest BCUT2D eigenvalue weighted by molar-refractivity contribution is -0.116. The molecule has 74 valence electrons. The predicted octanol–water partition coefficient (Wildman–Crippen LogP) is 2.40. The summed E-state index contributed by atoms with van der Waals surface area (Å²) in [6.07, 6.45) is 12.3. The fourth-order valence-electron chi connectivity index (χ4n) is 1.56. The van der Waals surface area contributed by atoms with E-state index in [1.54, 1.807) is 6.08 Å². The van der Waals surface area contributed by atoms with Crippen LogP contribution in [-0.2, 0) is 4.79 Å². The van der Waals surface area contributed by atoms with Crippen LogP contribution in [0.2, 0.25) is 0 Å². The van der Waals surface area contributed by atoms with Gasteiger partial charge in [0.2, 0.25) is 5.91 Å². The minimum atomic E-state index is 0.0700. The predicted molar refractivity (Wildman–Crippen MR) is 54.5 cm³/mol. The summed E-state index contributed by atoms with van der Waals surface area (Å²) in [5.74, 6) is 0.0700. The standard InChI is InChI=1S/C11H19NO/c13-11-9-7-5-3-1-2-4-6-8-10-12-11/h7,9H,1-6,8,10H2,(H,12,13)/b9-7-. The number of hydrogen-bond donors (Lipinski definition) is 1. The van der Waals surface area contributed by atoms with Crippen LogP contribution in [0.4, 0.5) is 0 Å². The van der Waals surface area contributed by atoms with Crippen molar-refractivity contribution < 1.29 is 4.79 Å². The third-order valence-corrected chi connectivity index (χ3v) is 2.37. The SMILES string of the molecule is O=C1/C=C\CCCCCCCCN1. The van der Waals surface area contributed by atoms with Gasteiger partial charge in [0.15, 0.2) is 0 Å². The van der Waals surface area contributed by atoms with Crippen LogP contribution in [-0.4, -0.2) is 12.5 Å². The van der Waals surface area contributed by atoms with E-state index < -0.39 is 0 Å². The number of amides is 1. The Morgan fingerprint density at radius 1 is 1.00 bits per heavy atom. The molecule has 0 fully saturated rings. The Labute approximate surface area is 80.4 Å². The summed E-state index contributed by atoms with van der Waals surface area (Å²) in [6.45, 7) is 0.836. The van der Waals surface area contributed by atoms with E-state index in [2.05, 4.69) is 5.32 Å². The highest BCUT2D eigenvalue weighted by Gasteiger charge is 1.96. The summed E-state index contributed by atoms with van der Waals surface area (Å²) in [5.41, 5.74) is 0. The Balaban J connectivity index is 2.26. The Kier molecular flexibility index (Phi) is 5.30. The van der Waals surface area contributed by atoms with E-state index in [-0.39, 0.29) is 5.91 Å². The molecule has 0 aromatic heterocycles. The number of hydrogen-bond acceptors (Lipinski definition) is 1. The van der Waals surface area contributed by atoms with Gasteiger partial charge < -0.3 is 5.32 Å². The molecule has 0 bridgehead atoms. The fraction of sp³-hybridized carbons (Fsp3) is 0.727. The maximum atomic E-state index is 11.1. The molecule has 2 heteroatoms. The van der Waals surface area contributed by atoms with Crippen LogP contribution in [0.3, 0.4) is 0 Å². The van der Waals surface area contributed by atoms with Gasteiger partial charge in [-0.3, -0.25) is 4.79 Å². The normalized spacial score (nSPS) is 23.8. The lowest BCUT2D eigenvalue weighted by Gasteiger charge is -2.04. The van der Waals surface area contributed by atoms with E-state index >= 15 is 0 Å². The van der Waals surface area contributed by atoms with Crippen LogP contribution in [0.25, 0.3) is 0 Å². The zero-order valence-electron chi connectivity index (χ0n) is 8.22. The van der Waals surface area contributed by atoms with E-state index in [4.69, 9.17) is 0 Å². The fourth-order valence-corrected chi connectivity index (χ4v) is 1.56. The third-order valence-electron chi connectivity index (χ3n) is 2.37. The summed E-state index contributed by atoms with van der Waals surface area (Å²) in [7, 11) is 0. The molecule has 2 nitrogen and oxygen atoms in total. The smallest absolute Gasteiger partial charge is 0.243 e. The lowest BCUT2D eigenvalue weighted by Crippen LogP contribution is -2.22. The Morgan fingerprint density at radius 3 is 2.54 bits per heavy atom. The first-order chi connectivity index (χ1) is 6.39. The van der Waals surface area contributed by atoms with Gasteiger partial charge in [0.25, 0.3) is 0 Å². The maximum absolute atomic E-state index is 11.1. The van der Waals surface area contributed by atoms with Crippen molar-refractivity contribution in [1.82, 2.24) is 5.32 Å². The number of allylic oxidation sites excluding steroid dienone is 1. The van der Waals surface area contributed by atoms with Gasteiger partial charge in [-0.25, -0.2) is 0 Å². The molecule has 0 aliphatic carbocycles. The molecule has 1 rings (SSSR count). The molecule has 0 aromatic carbocycles. The van der Waals surface area contributed by atoms with E-state index in [0.717, 1.165) is 19.4 Å². The van der Waals surface area contributed by atoms with Gasteiger partial charge in [0, 0.05) is 6.54 Å². The van der Waals surface area contributed by atoms with Crippen molar-refractivity contribution in [1.29, 1.82) is 0 Å². The van der Waals surface area contributed by atoms with Crippen molar-refractivity contribution in [2.75, 3.05) is 6.54 Å². The second kappa shape index (κ2) is 6.70. The zero-order valence-corrected chi connectivity index (χ0v) is 8.22. The topological polar surface area (TPSA) is 29.1 Å². The van der Waals surface area contributed by atoms with Crippen LogP contribution >= 0.6 is 0 Å². The Morgan fingerprint density at radius 2 is 1.69 bits per heavy atom. The number of nitrogens with one attached hydrogen (secondary N) is 1. The monoisotopic (exact) mass is 181 g/mol. The van der Waals surface area contributed by atoms with Gasteiger partial charge >= 0.3 is 0 Å². The molecule has 1 N–H and O–H groups in total. The molecule has 0 saturated heterocycles. The molecular formula is C11H19NO. The van der Waals surface area contributed by atoms with Gasteiger partial charge in [-0.1, -0.05) is 31.8 Å². The second-order valence-electron chi connectivity index (χ2n) is 3.60. The van der Waals surface area contributed by atoms with Gasteiger partial charge in [-0.05, 0) is 25.3 Å². The van der Waals surface area contributed by atoms with E-state index in [1.165, 1.54) is 32.1 Å². The average Bonchev–Trinajstić information content (AvgIpc) is 2.11. The zero-order chi connectivity index (χ0) is 9.36. The van der Waals surface area contributed by atoms with Crippen molar-refractivity contribution in [3.63, 3.8) is 0 Å². The minimum Gasteiger partial charge on any atom is -0.353 e. The largest absolute Gasteiger partial charge is 0.353 e. The maximum Gasteiger partial charge on any atom is 0.243 e. The molecule has 0 spiro atoms. The highest BCUT2D eigenvalue weighted by Crippen LogP contribution is 2.07. The van der Waals surface area contributed by atoms with Crippen molar-refractivity contribution in [2.24, 2.45) is 0 Å². The molecule has 0 saturated carbocycles. The highest BCUT2D eigenvalue weighted by atomic mass is 16.1. The van der Waals surface area contributed by atoms with Crippen molar-refractivity contribution in [3.8, 4) is 0 Å². The van der Waals surface area contributed by atoms with Gasteiger partial charge in [-0.2, -0.15) is 0 Å². The quantitative estimate of drug-likeness (QED) is 0.611. The summed E-state index contributed by atoms with van der Waals surface area (Å²) < 4.78 is 0. The molecule has 1 heterocycles. The Hall–Kier alpha value is -0.790. The van der Waals surface area contributed by atoms with Crippen LogP contribution < -0.4 is 5.32 Å². The van der Waals surface area contributed by atoms with Gasteiger partial charge in [0.05, 0.1) is 0 Å². The molecule has 1 amide bonds. The highest BCUT2D eigenvalue weighted by molar-refractivity contribution is 5.87. The summed E-state index contributed by atoms with van der Waals surface area (Å²) in [4.78, 5) is 11.1. The molecule has 13 heavy (non-hydrogen) atoms. The van der Waals surface area contributed by atoms with Crippen LogP contribution in [0.15, 0.2) is 12.2 Å². The number of carbonyl (C=O) groups is 1. The van der Waals surface area contributed by atoms with Crippen LogP contribution in [0, 0.1) is 0 Å². The first-order valence-corrected chi connectivity index (χ1v) is 5.34. The lowest BCUT2D eigenvalue weighted by atomic mass is 10.1. The van der Waals surface area contributed by atoms with Crippen molar-refractivity contribution in [2.45, 2.75) is 44.9 Å². The molecule has 1 aliphatic heterocycles. The van der Waals surface area contributed by atoms with Crippen LogP contribution in [0.1, 0.15) is 44.9 Å². The minimum absolute atomic E-state index is 0.0700. The molecule has 0 aromatic rings. The Bertz CT molecular complexity index is 175. The van der Waals surface area contributed by atoms with Crippen molar-refractivity contribution >= 4 is 5.91 Å². The summed E-state index contributed by atoms with van der Waals surface area (Å²) >= 11 is 0. The number of rotatable bonds is 0.